The molecule has 0 amide bonds. The van der Waals surface area contributed by atoms with E-state index in [-0.39, 0.29) is 16.3 Å². The van der Waals surface area contributed by atoms with Crippen molar-refractivity contribution in [3.05, 3.63) is 203 Å². The van der Waals surface area contributed by atoms with Crippen LogP contribution < -0.4 is 0 Å². The Morgan fingerprint density at radius 3 is 1.36 bits per heavy atom. The van der Waals surface area contributed by atoms with Crippen molar-refractivity contribution in [2.75, 3.05) is 0 Å². The van der Waals surface area contributed by atoms with Gasteiger partial charge < -0.3 is 0 Å². The minimum Gasteiger partial charge on any atom is -0.0619 e. The molecule has 0 heterocycles. The molecule has 50 heavy (non-hydrogen) atoms. The zero-order chi connectivity index (χ0) is 58.2. The lowest BCUT2D eigenvalue weighted by Gasteiger charge is -2.32. The molecule has 9 aromatic carbocycles. The average Bonchev–Trinajstić information content (AvgIpc) is 1.71. The van der Waals surface area contributed by atoms with Crippen LogP contribution in [-0.2, 0) is 5.41 Å². The van der Waals surface area contributed by atoms with Gasteiger partial charge in [-0.05, 0) is 118 Å². The lowest BCUT2D eigenvalue weighted by atomic mass is 9.68. The Kier molecular flexibility index (Phi) is 2.37. The molecule has 2 aliphatic carbocycles. The Morgan fingerprint density at radius 2 is 0.760 bits per heavy atom. The van der Waals surface area contributed by atoms with Gasteiger partial charge in [0.2, 0.25) is 0 Å². The van der Waals surface area contributed by atoms with Gasteiger partial charge in [-0.25, -0.2) is 0 Å². The first kappa shape index (κ1) is 11.7. The molecule has 0 unspecified atom stereocenters. The van der Waals surface area contributed by atoms with Gasteiger partial charge in [0.05, 0.1) is 45.2 Å². The molecule has 9 aromatic rings. The normalized spacial score (nSPS) is 21.6. The summed E-state index contributed by atoms with van der Waals surface area (Å²) < 4.78 is 269. The van der Waals surface area contributed by atoms with Gasteiger partial charge in [-0.3, -0.25) is 0 Å². The van der Waals surface area contributed by atoms with E-state index in [2.05, 4.69) is 0 Å². The molecule has 1 spiro atoms. The van der Waals surface area contributed by atoms with Crippen molar-refractivity contribution in [2.24, 2.45) is 0 Å². The zero-order valence-electron chi connectivity index (χ0n) is 54.5. The van der Waals surface area contributed by atoms with Crippen LogP contribution in [0.4, 0.5) is 0 Å². The molecule has 0 N–H and O–H groups in total. The third kappa shape index (κ3) is 3.45. The lowest BCUT2D eigenvalue weighted by Crippen LogP contribution is -2.26. The summed E-state index contributed by atoms with van der Waals surface area (Å²) in [7, 11) is 0. The minimum absolute atomic E-state index is 0.277. The van der Waals surface area contributed by atoms with Gasteiger partial charge in [-0.2, -0.15) is 0 Å². The predicted octanol–water partition coefficient (Wildman–Crippen LogP) is 13.1. The highest BCUT2D eigenvalue weighted by Gasteiger charge is 2.52. The van der Waals surface area contributed by atoms with Crippen molar-refractivity contribution in [1.29, 1.82) is 0 Å². The fraction of sp³-hybridized carbons (Fsp3) is 0.0400. The third-order valence-corrected chi connectivity index (χ3v) is 9.44. The quantitative estimate of drug-likeness (QED) is 0.162. The molecule has 0 saturated heterocycles. The van der Waals surface area contributed by atoms with Gasteiger partial charge in [0.15, 0.2) is 0 Å². The first-order valence-corrected chi connectivity index (χ1v) is 15.2. The zero-order valence-corrected chi connectivity index (χ0v) is 25.5. The largest absolute Gasteiger partial charge is 0.0731 e. The Hall–Kier alpha value is -6.24. The summed E-state index contributed by atoms with van der Waals surface area (Å²) in [4.78, 5) is 0. The number of rotatable bonds is 2. The maximum absolute atomic E-state index is 10.2. The van der Waals surface area contributed by atoms with Crippen LogP contribution in [0.1, 0.15) is 67.6 Å². The number of fused-ring (bicyclic) bond motifs is 16. The summed E-state index contributed by atoms with van der Waals surface area (Å²) >= 11 is 0. The molecule has 0 nitrogen and oxygen atoms in total. The standard InChI is InChI=1S/C50H32/c1-31-29-32(30-44-37-19-5-4-17-35(37)36-18-6-7-23-41(36)48(31)44)33-15-2-3-16-34(33)42-24-14-25-43-40-22-10-13-28-47(40)50(49(42)43)45-26-11-8-20-38(45)39-21-9-12-27-46(39)50/h2-30H,1H3/i2D,3D,4D,5D,6D,7D,8D,9D,10D,11D,12D,13D,14D,15D,16D,17D,18D,19D,20D,21D,22D,23D,24D,25D,26D,27D,28D,29D,30D. The van der Waals surface area contributed by atoms with E-state index >= 15 is 0 Å². The summed E-state index contributed by atoms with van der Waals surface area (Å²) in [6.07, 6.45) is 0. The summed E-state index contributed by atoms with van der Waals surface area (Å²) in [6.45, 7) is 1.25. The smallest absolute Gasteiger partial charge is 0.0619 e. The topological polar surface area (TPSA) is 0 Å². The van der Waals surface area contributed by atoms with E-state index in [9.17, 15) is 19.2 Å². The molecule has 0 bridgehead atoms. The molecule has 0 radical (unpaired) electrons. The Bertz CT molecular complexity index is 4390. The average molecular weight is 662 g/mol. The number of hydrogen-bond acceptors (Lipinski definition) is 0. The number of benzene rings is 9. The van der Waals surface area contributed by atoms with E-state index in [1.807, 2.05) is 0 Å². The van der Waals surface area contributed by atoms with Crippen molar-refractivity contribution in [2.45, 2.75) is 12.3 Å². The fourth-order valence-corrected chi connectivity index (χ4v) is 7.59. The molecule has 0 aromatic heterocycles. The second-order valence-corrected chi connectivity index (χ2v) is 11.8. The highest BCUT2D eigenvalue weighted by Crippen LogP contribution is 2.64. The third-order valence-electron chi connectivity index (χ3n) is 9.44. The maximum Gasteiger partial charge on any atom is 0.0731 e. The van der Waals surface area contributed by atoms with Crippen molar-refractivity contribution in [3.8, 4) is 44.5 Å². The molecular weight excluding hydrogens is 601 g/mol. The van der Waals surface area contributed by atoms with Gasteiger partial charge in [-0.15, -0.1) is 0 Å². The van der Waals surface area contributed by atoms with E-state index in [1.54, 1.807) is 0 Å². The lowest BCUT2D eigenvalue weighted by molar-refractivity contribution is 0.796. The molecule has 2 aliphatic rings. The molecule has 0 fully saturated rings. The molecule has 0 saturated carbocycles. The molecular formula is C50H32. The van der Waals surface area contributed by atoms with Crippen LogP contribution >= 0.6 is 0 Å². The van der Waals surface area contributed by atoms with Gasteiger partial charge in [0.1, 0.15) is 0 Å². The maximum atomic E-state index is 10.2. The Labute approximate surface area is 332 Å². The predicted molar refractivity (Wildman–Crippen MR) is 211 cm³/mol. The molecule has 232 valence electrons. The van der Waals surface area contributed by atoms with Crippen LogP contribution in [0.5, 0.6) is 0 Å². The summed E-state index contributed by atoms with van der Waals surface area (Å²) in [5.74, 6) is 0. The van der Waals surface area contributed by atoms with Crippen LogP contribution in [0.2, 0.25) is 0 Å². The summed E-state index contributed by atoms with van der Waals surface area (Å²) in [6, 6.07) is -27.1. The molecule has 0 atom stereocenters. The van der Waals surface area contributed by atoms with Crippen molar-refractivity contribution < 1.29 is 39.8 Å². The Morgan fingerprint density at radius 1 is 0.360 bits per heavy atom. The number of hydrogen-bond donors (Lipinski definition) is 0. The number of aryl methyl sites for hydroxylation is 1. The van der Waals surface area contributed by atoms with Gasteiger partial charge in [0.25, 0.3) is 0 Å². The first-order valence-electron chi connectivity index (χ1n) is 29.8. The fourth-order valence-electron chi connectivity index (χ4n) is 7.59. The van der Waals surface area contributed by atoms with E-state index in [1.165, 1.54) is 6.92 Å². The van der Waals surface area contributed by atoms with Crippen molar-refractivity contribution in [1.82, 2.24) is 0 Å². The Balaban J connectivity index is 1.48. The highest BCUT2D eigenvalue weighted by molar-refractivity contribution is 6.26. The molecule has 11 rings (SSSR count). The first-order chi connectivity index (χ1) is 36.8. The summed E-state index contributed by atoms with van der Waals surface area (Å²) in [5, 5.41) is -2.59. The van der Waals surface area contributed by atoms with Gasteiger partial charge in [-0.1, -0.05) is 169 Å². The highest BCUT2D eigenvalue weighted by atomic mass is 14.5. The van der Waals surface area contributed by atoms with Crippen LogP contribution in [-0.4, -0.2) is 0 Å². The van der Waals surface area contributed by atoms with Crippen molar-refractivity contribution >= 4 is 32.3 Å². The monoisotopic (exact) mass is 661 g/mol. The van der Waals surface area contributed by atoms with Crippen LogP contribution in [0, 0.1) is 6.92 Å². The SMILES string of the molecule is [2H]c1c([2H])c([2H])c(-c2c([2H])c(C)c3c4c([2H])c([2H])c([2H])c([2H])c4c4c([2H])c([2H])c([2H])c([2H])c4c3c2[2H])c(-c2c([2H])c([2H])c([2H])c3c2C2(c4c([2H])c([2H])c([2H])c([2H])c4-c4c([2H])c([2H])c([2H])c([2H])c42)c2c([2H])c([2H])c([2H])c([2H])c2-3)c1[2H]. The van der Waals surface area contributed by atoms with Crippen LogP contribution in [0.3, 0.4) is 0 Å². The van der Waals surface area contributed by atoms with Crippen LogP contribution in [0.25, 0.3) is 76.8 Å². The van der Waals surface area contributed by atoms with E-state index in [0.717, 1.165) is 0 Å². The molecule has 0 aliphatic heterocycles. The van der Waals surface area contributed by atoms with E-state index in [0.29, 0.717) is 0 Å². The van der Waals surface area contributed by atoms with Gasteiger partial charge in [0, 0.05) is 0 Å². The van der Waals surface area contributed by atoms with E-state index < -0.39 is 269 Å². The summed E-state index contributed by atoms with van der Waals surface area (Å²) in [5.41, 5.74) is -12.0. The van der Waals surface area contributed by atoms with Gasteiger partial charge >= 0.3 is 0 Å². The minimum atomic E-state index is -2.95. The van der Waals surface area contributed by atoms with E-state index in [4.69, 9.17) is 20.6 Å². The molecule has 0 heteroatoms. The van der Waals surface area contributed by atoms with Crippen LogP contribution in [0.15, 0.2) is 175 Å². The second kappa shape index (κ2) is 10.1. The second-order valence-electron chi connectivity index (χ2n) is 11.8. The van der Waals surface area contributed by atoms with Crippen molar-refractivity contribution in [3.63, 3.8) is 0 Å².